The Hall–Kier alpha value is -3.95. The van der Waals surface area contributed by atoms with Crippen LogP contribution in [0.3, 0.4) is 0 Å². The number of aliphatic hydroxyl groups excluding tert-OH is 1. The van der Waals surface area contributed by atoms with Crippen LogP contribution in [-0.2, 0) is 0 Å². The lowest BCUT2D eigenvalue weighted by Crippen LogP contribution is -2.39. The first-order chi connectivity index (χ1) is 18.0. The highest BCUT2D eigenvalue weighted by atomic mass is 16.5. The number of hydrogen-bond acceptors (Lipinski definition) is 7. The molecule has 4 N–H and O–H groups in total. The number of likely N-dealkylation sites (tertiary alicyclic amines) is 1. The van der Waals surface area contributed by atoms with Gasteiger partial charge in [0.15, 0.2) is 0 Å². The summed E-state index contributed by atoms with van der Waals surface area (Å²) < 4.78 is 5.38. The van der Waals surface area contributed by atoms with E-state index >= 15 is 0 Å². The summed E-state index contributed by atoms with van der Waals surface area (Å²) in [5, 5.41) is 23.3. The summed E-state index contributed by atoms with van der Waals surface area (Å²) in [6.07, 6.45) is 4.13. The largest absolute Gasteiger partial charge is 0.507 e. The number of imidazole rings is 1. The molecule has 1 saturated heterocycles. The van der Waals surface area contributed by atoms with Gasteiger partial charge in [-0.05, 0) is 80.4 Å². The first kappa shape index (κ1) is 24.7. The second-order valence-corrected chi connectivity index (χ2v) is 9.32. The van der Waals surface area contributed by atoms with E-state index in [4.69, 9.17) is 4.74 Å². The Kier molecular flexibility index (Phi) is 7.34. The fraction of sp³-hybridized carbons (Fsp3) is 0.321. The number of pyridine rings is 1. The van der Waals surface area contributed by atoms with Gasteiger partial charge in [0.05, 0.1) is 29.8 Å². The van der Waals surface area contributed by atoms with Crippen molar-refractivity contribution in [3.63, 3.8) is 0 Å². The summed E-state index contributed by atoms with van der Waals surface area (Å²) >= 11 is 0. The lowest BCUT2D eigenvalue weighted by Gasteiger charge is -2.29. The summed E-state index contributed by atoms with van der Waals surface area (Å²) in [7, 11) is 1.57. The molecule has 37 heavy (non-hydrogen) atoms. The van der Waals surface area contributed by atoms with Crippen LogP contribution in [0.15, 0.2) is 54.7 Å². The number of methoxy groups -OCH3 is 1. The standard InChI is InChI=1S/C28H31N5O4/c1-37-28-21(6-2-11-30-28)18-8-10-25(35)22(15-18)26-31-23-9-7-19(16-24(23)32-26)27(36)29-12-4-14-33-13-3-5-20(34)17-33/h2,6-11,15-16,20,34-35H,3-5,12-14,17H2,1H3,(H,29,36)(H,31,32). The molecule has 2 aromatic carbocycles. The number of nitrogens with zero attached hydrogens (tertiary/aromatic N) is 3. The van der Waals surface area contributed by atoms with E-state index in [1.165, 1.54) is 0 Å². The van der Waals surface area contributed by atoms with Crippen molar-refractivity contribution < 1.29 is 19.7 Å². The van der Waals surface area contributed by atoms with Gasteiger partial charge in [0.25, 0.3) is 5.91 Å². The lowest BCUT2D eigenvalue weighted by atomic mass is 10.0. The van der Waals surface area contributed by atoms with Crippen molar-refractivity contribution in [2.45, 2.75) is 25.4 Å². The zero-order valence-electron chi connectivity index (χ0n) is 20.8. The number of phenolic OH excluding ortho intramolecular Hbond substituents is 1. The van der Waals surface area contributed by atoms with Gasteiger partial charge in [-0.1, -0.05) is 6.07 Å². The molecule has 0 spiro atoms. The van der Waals surface area contributed by atoms with Gasteiger partial charge in [-0.15, -0.1) is 0 Å². The van der Waals surface area contributed by atoms with Crippen molar-refractivity contribution in [3.8, 4) is 34.1 Å². The van der Waals surface area contributed by atoms with Crippen molar-refractivity contribution in [1.29, 1.82) is 0 Å². The molecule has 2 aromatic heterocycles. The van der Waals surface area contributed by atoms with Crippen LogP contribution in [0, 0.1) is 0 Å². The minimum atomic E-state index is -0.239. The van der Waals surface area contributed by atoms with Gasteiger partial charge in [-0.3, -0.25) is 4.79 Å². The number of amides is 1. The Morgan fingerprint density at radius 3 is 2.95 bits per heavy atom. The number of carbonyl (C=O) groups is 1. The highest BCUT2D eigenvalue weighted by molar-refractivity contribution is 5.97. The fourth-order valence-corrected chi connectivity index (χ4v) is 4.78. The van der Waals surface area contributed by atoms with Gasteiger partial charge in [-0.2, -0.15) is 0 Å². The molecule has 1 amide bonds. The second-order valence-electron chi connectivity index (χ2n) is 9.32. The van der Waals surface area contributed by atoms with Crippen LogP contribution in [0.5, 0.6) is 11.6 Å². The molecule has 0 saturated carbocycles. The van der Waals surface area contributed by atoms with Crippen LogP contribution in [0.4, 0.5) is 0 Å². The molecule has 1 unspecified atom stereocenters. The number of hydrogen-bond donors (Lipinski definition) is 4. The number of piperidine rings is 1. The molecule has 192 valence electrons. The van der Waals surface area contributed by atoms with Crippen LogP contribution < -0.4 is 10.1 Å². The molecule has 0 aliphatic carbocycles. The smallest absolute Gasteiger partial charge is 0.251 e. The van der Waals surface area contributed by atoms with E-state index in [0.29, 0.717) is 41.4 Å². The zero-order valence-corrected chi connectivity index (χ0v) is 20.8. The Labute approximate surface area is 215 Å². The number of phenols is 1. The molecule has 1 aliphatic heterocycles. The molecule has 3 heterocycles. The number of aromatic hydroxyl groups is 1. The molecule has 4 aromatic rings. The quantitative estimate of drug-likeness (QED) is 0.272. The van der Waals surface area contributed by atoms with Crippen LogP contribution in [0.2, 0.25) is 0 Å². The molecular formula is C28H31N5O4. The Bertz CT molecular complexity index is 1400. The molecule has 9 nitrogen and oxygen atoms in total. The molecular weight excluding hydrogens is 470 g/mol. The van der Waals surface area contributed by atoms with Crippen molar-refractivity contribution >= 4 is 16.9 Å². The SMILES string of the molecule is COc1ncccc1-c1ccc(O)c(-c2nc3cc(C(=O)NCCCN4CCCC(O)C4)ccc3[nH]2)c1. The molecule has 1 atom stereocenters. The van der Waals surface area contributed by atoms with Crippen molar-refractivity contribution in [2.75, 3.05) is 33.3 Å². The lowest BCUT2D eigenvalue weighted by molar-refractivity contribution is 0.0697. The average molecular weight is 502 g/mol. The predicted octanol–water partition coefficient (Wildman–Crippen LogP) is 3.58. The van der Waals surface area contributed by atoms with Crippen LogP contribution in [-0.4, -0.2) is 75.4 Å². The monoisotopic (exact) mass is 501 g/mol. The minimum Gasteiger partial charge on any atom is -0.507 e. The number of nitrogens with one attached hydrogen (secondary N) is 2. The summed E-state index contributed by atoms with van der Waals surface area (Å²) in [4.78, 5) is 27.1. The van der Waals surface area contributed by atoms with E-state index in [0.717, 1.165) is 49.0 Å². The molecule has 1 aliphatic rings. The van der Waals surface area contributed by atoms with Crippen LogP contribution in [0.25, 0.3) is 33.5 Å². The Balaban J connectivity index is 1.29. The third-order valence-corrected chi connectivity index (χ3v) is 6.69. The number of rotatable bonds is 8. The third-order valence-electron chi connectivity index (χ3n) is 6.69. The molecule has 1 fully saturated rings. The van der Waals surface area contributed by atoms with Crippen molar-refractivity contribution in [3.05, 3.63) is 60.3 Å². The maximum Gasteiger partial charge on any atom is 0.251 e. The van der Waals surface area contributed by atoms with Crippen molar-refractivity contribution in [2.24, 2.45) is 0 Å². The van der Waals surface area contributed by atoms with E-state index in [9.17, 15) is 15.0 Å². The number of benzene rings is 2. The Morgan fingerprint density at radius 1 is 1.22 bits per heavy atom. The summed E-state index contributed by atoms with van der Waals surface area (Å²) in [6, 6.07) is 14.3. The number of β-amino-alcohol motifs (C(OH)–C–C–N with tert-alkyl or cyclic N) is 1. The molecule has 0 radical (unpaired) electrons. The van der Waals surface area contributed by atoms with Crippen LogP contribution in [0.1, 0.15) is 29.6 Å². The van der Waals surface area contributed by atoms with Gasteiger partial charge in [0.1, 0.15) is 11.6 Å². The second kappa shape index (κ2) is 11.0. The zero-order chi connectivity index (χ0) is 25.8. The van der Waals surface area contributed by atoms with Crippen molar-refractivity contribution in [1.82, 2.24) is 25.2 Å². The van der Waals surface area contributed by atoms with E-state index in [1.807, 2.05) is 24.3 Å². The van der Waals surface area contributed by atoms with E-state index in [1.54, 1.807) is 37.6 Å². The summed E-state index contributed by atoms with van der Waals surface area (Å²) in [5.41, 5.74) is 4.09. The number of ether oxygens (including phenoxy) is 1. The maximum atomic E-state index is 12.7. The number of aromatic amines is 1. The first-order valence-corrected chi connectivity index (χ1v) is 12.5. The van der Waals surface area contributed by atoms with Gasteiger partial charge >= 0.3 is 0 Å². The Morgan fingerprint density at radius 2 is 2.11 bits per heavy atom. The predicted molar refractivity (Wildman–Crippen MR) is 142 cm³/mol. The third kappa shape index (κ3) is 5.58. The molecule has 9 heteroatoms. The highest BCUT2D eigenvalue weighted by Crippen LogP contribution is 2.35. The summed E-state index contributed by atoms with van der Waals surface area (Å²) in [5.74, 6) is 0.926. The summed E-state index contributed by atoms with van der Waals surface area (Å²) in [6.45, 7) is 3.12. The van der Waals surface area contributed by atoms with E-state index in [-0.39, 0.29) is 17.8 Å². The van der Waals surface area contributed by atoms with E-state index in [2.05, 4.69) is 25.2 Å². The van der Waals surface area contributed by atoms with Crippen LogP contribution >= 0.6 is 0 Å². The minimum absolute atomic E-state index is 0.0878. The normalized spacial score (nSPS) is 16.1. The number of aromatic nitrogens is 3. The van der Waals surface area contributed by atoms with Gasteiger partial charge in [0.2, 0.25) is 5.88 Å². The van der Waals surface area contributed by atoms with Gasteiger partial charge < -0.3 is 30.2 Å². The van der Waals surface area contributed by atoms with Gasteiger partial charge in [0, 0.05) is 30.4 Å². The average Bonchev–Trinajstić information content (AvgIpc) is 3.34. The fourth-order valence-electron chi connectivity index (χ4n) is 4.78. The molecule has 0 bridgehead atoms. The first-order valence-electron chi connectivity index (χ1n) is 12.5. The number of fused-ring (bicyclic) bond motifs is 1. The molecule has 5 rings (SSSR count). The maximum absolute atomic E-state index is 12.7. The van der Waals surface area contributed by atoms with E-state index < -0.39 is 0 Å². The number of carbonyl (C=O) groups excluding carboxylic acids is 1. The topological polar surface area (TPSA) is 124 Å². The highest BCUT2D eigenvalue weighted by Gasteiger charge is 2.18. The number of aliphatic hydroxyl groups is 1. The van der Waals surface area contributed by atoms with Gasteiger partial charge in [-0.25, -0.2) is 9.97 Å². The number of H-pyrrole nitrogens is 1.